The highest BCUT2D eigenvalue weighted by Crippen LogP contribution is 2.35. The van der Waals surface area contributed by atoms with Crippen LogP contribution in [-0.4, -0.2) is 41.3 Å². The molecule has 5 nitrogen and oxygen atoms in total. The van der Waals surface area contributed by atoms with Gasteiger partial charge >= 0.3 is 5.97 Å². The van der Waals surface area contributed by atoms with Gasteiger partial charge in [0.2, 0.25) is 0 Å². The van der Waals surface area contributed by atoms with Crippen molar-refractivity contribution >= 4 is 5.97 Å². The standard InChI is InChI=1S/C15H21NO4/c1-3-15(14(18)19)6-7-16(10-15)9-11-4-5-12(20-2)8-13(11)17/h4-5,8,17H,3,6-7,9-10H2,1-2H3,(H,18,19). The predicted octanol–water partition coefficient (Wildman–Crippen LogP) is 2.09. The molecule has 1 aromatic carbocycles. The summed E-state index contributed by atoms with van der Waals surface area (Å²) in [6, 6.07) is 5.20. The Hall–Kier alpha value is -1.75. The van der Waals surface area contributed by atoms with Gasteiger partial charge in [-0.05, 0) is 25.5 Å². The predicted molar refractivity (Wildman–Crippen MR) is 74.9 cm³/mol. The van der Waals surface area contributed by atoms with Gasteiger partial charge in [0, 0.05) is 24.7 Å². The van der Waals surface area contributed by atoms with Gasteiger partial charge < -0.3 is 14.9 Å². The Morgan fingerprint density at radius 1 is 1.50 bits per heavy atom. The summed E-state index contributed by atoms with van der Waals surface area (Å²) in [5.41, 5.74) is 0.158. The highest BCUT2D eigenvalue weighted by atomic mass is 16.5. The molecule has 0 spiro atoms. The van der Waals surface area contributed by atoms with E-state index in [1.54, 1.807) is 19.2 Å². The number of rotatable bonds is 5. The number of carbonyl (C=O) groups is 1. The lowest BCUT2D eigenvalue weighted by Crippen LogP contribution is -2.33. The molecular weight excluding hydrogens is 258 g/mol. The molecule has 1 fully saturated rings. The van der Waals surface area contributed by atoms with Crippen molar-refractivity contribution in [2.24, 2.45) is 5.41 Å². The highest BCUT2D eigenvalue weighted by molar-refractivity contribution is 5.75. The van der Waals surface area contributed by atoms with Gasteiger partial charge in [-0.25, -0.2) is 0 Å². The maximum atomic E-state index is 11.4. The topological polar surface area (TPSA) is 70.0 Å². The molecule has 2 N–H and O–H groups in total. The van der Waals surface area contributed by atoms with E-state index in [2.05, 4.69) is 4.90 Å². The molecule has 1 aliphatic rings. The molecule has 110 valence electrons. The Morgan fingerprint density at radius 2 is 2.25 bits per heavy atom. The van der Waals surface area contributed by atoms with Crippen LogP contribution in [0, 0.1) is 5.41 Å². The lowest BCUT2D eigenvalue weighted by molar-refractivity contribution is -0.148. The first-order valence-corrected chi connectivity index (χ1v) is 6.82. The van der Waals surface area contributed by atoms with E-state index in [1.165, 1.54) is 0 Å². The number of carboxylic acid groups (broad SMARTS) is 1. The molecule has 1 unspecified atom stereocenters. The monoisotopic (exact) mass is 279 g/mol. The number of phenolic OH excluding ortho intramolecular Hbond substituents is 1. The zero-order valence-electron chi connectivity index (χ0n) is 11.9. The molecule has 0 radical (unpaired) electrons. The van der Waals surface area contributed by atoms with Gasteiger partial charge in [0.1, 0.15) is 11.5 Å². The summed E-state index contributed by atoms with van der Waals surface area (Å²) in [6.07, 6.45) is 1.29. The van der Waals surface area contributed by atoms with Crippen molar-refractivity contribution in [3.05, 3.63) is 23.8 Å². The number of ether oxygens (including phenoxy) is 1. The third-order valence-electron chi connectivity index (χ3n) is 4.25. The molecule has 0 bridgehead atoms. The molecule has 0 aromatic heterocycles. The molecule has 0 aliphatic carbocycles. The Balaban J connectivity index is 2.07. The molecule has 2 rings (SSSR count). The summed E-state index contributed by atoms with van der Waals surface area (Å²) in [5.74, 6) is 0.0799. The number of methoxy groups -OCH3 is 1. The number of benzene rings is 1. The largest absolute Gasteiger partial charge is 0.507 e. The molecule has 1 atom stereocenters. The van der Waals surface area contributed by atoms with Crippen LogP contribution in [0.3, 0.4) is 0 Å². The van der Waals surface area contributed by atoms with Gasteiger partial charge in [0.15, 0.2) is 0 Å². The molecule has 20 heavy (non-hydrogen) atoms. The lowest BCUT2D eigenvalue weighted by atomic mass is 9.84. The number of phenols is 1. The summed E-state index contributed by atoms with van der Waals surface area (Å²) in [5, 5.41) is 19.3. The molecule has 1 aliphatic heterocycles. The fourth-order valence-electron chi connectivity index (χ4n) is 2.75. The molecule has 0 saturated carbocycles. The van der Waals surface area contributed by atoms with Crippen LogP contribution in [0.25, 0.3) is 0 Å². The van der Waals surface area contributed by atoms with Crippen LogP contribution >= 0.6 is 0 Å². The second kappa shape index (κ2) is 5.71. The second-order valence-corrected chi connectivity index (χ2v) is 5.39. The summed E-state index contributed by atoms with van der Waals surface area (Å²) in [6.45, 7) is 3.75. The minimum atomic E-state index is -0.721. The maximum Gasteiger partial charge on any atom is 0.310 e. The van der Waals surface area contributed by atoms with Crippen molar-refractivity contribution in [3.63, 3.8) is 0 Å². The van der Waals surface area contributed by atoms with Crippen LogP contribution in [0.1, 0.15) is 25.3 Å². The zero-order chi connectivity index (χ0) is 14.8. The van der Waals surface area contributed by atoms with Crippen molar-refractivity contribution in [2.45, 2.75) is 26.3 Å². The van der Waals surface area contributed by atoms with E-state index in [-0.39, 0.29) is 5.75 Å². The van der Waals surface area contributed by atoms with Crippen molar-refractivity contribution in [3.8, 4) is 11.5 Å². The van der Waals surface area contributed by atoms with E-state index in [0.717, 1.165) is 12.1 Å². The number of aliphatic carboxylic acids is 1. The van der Waals surface area contributed by atoms with Gasteiger partial charge in [-0.2, -0.15) is 0 Å². The molecule has 0 amide bonds. The Kier molecular flexibility index (Phi) is 4.18. The van der Waals surface area contributed by atoms with E-state index >= 15 is 0 Å². The van der Waals surface area contributed by atoms with E-state index in [0.29, 0.717) is 31.7 Å². The van der Waals surface area contributed by atoms with E-state index < -0.39 is 11.4 Å². The minimum Gasteiger partial charge on any atom is -0.507 e. The Labute approximate surface area is 118 Å². The second-order valence-electron chi connectivity index (χ2n) is 5.39. The summed E-state index contributed by atoms with van der Waals surface area (Å²) in [4.78, 5) is 13.5. The third-order valence-corrected chi connectivity index (χ3v) is 4.25. The molecule has 5 heteroatoms. The molecule has 1 heterocycles. The Morgan fingerprint density at radius 3 is 2.75 bits per heavy atom. The quantitative estimate of drug-likeness (QED) is 0.863. The number of hydrogen-bond donors (Lipinski definition) is 2. The van der Waals surface area contributed by atoms with Crippen LogP contribution in [0.2, 0.25) is 0 Å². The fraction of sp³-hybridized carbons (Fsp3) is 0.533. The van der Waals surface area contributed by atoms with Crippen molar-refractivity contribution in [2.75, 3.05) is 20.2 Å². The minimum absolute atomic E-state index is 0.189. The number of carboxylic acids is 1. The van der Waals surface area contributed by atoms with Crippen molar-refractivity contribution in [1.82, 2.24) is 4.90 Å². The third kappa shape index (κ3) is 2.72. The van der Waals surface area contributed by atoms with Gasteiger partial charge in [-0.3, -0.25) is 9.69 Å². The smallest absolute Gasteiger partial charge is 0.310 e. The van der Waals surface area contributed by atoms with E-state index in [9.17, 15) is 15.0 Å². The van der Waals surface area contributed by atoms with Crippen molar-refractivity contribution in [1.29, 1.82) is 0 Å². The fourth-order valence-corrected chi connectivity index (χ4v) is 2.75. The number of nitrogens with zero attached hydrogens (tertiary/aromatic N) is 1. The van der Waals surface area contributed by atoms with Gasteiger partial charge in [-0.1, -0.05) is 13.0 Å². The van der Waals surface area contributed by atoms with Crippen LogP contribution in [-0.2, 0) is 11.3 Å². The van der Waals surface area contributed by atoms with Gasteiger partial charge in [-0.15, -0.1) is 0 Å². The zero-order valence-corrected chi connectivity index (χ0v) is 11.9. The molecular formula is C15H21NO4. The van der Waals surface area contributed by atoms with Crippen LogP contribution < -0.4 is 4.74 Å². The molecule has 1 aromatic rings. The van der Waals surface area contributed by atoms with Crippen LogP contribution in [0.15, 0.2) is 18.2 Å². The summed E-state index contributed by atoms with van der Waals surface area (Å²) < 4.78 is 5.05. The SMILES string of the molecule is CCC1(C(=O)O)CCN(Cc2ccc(OC)cc2O)C1. The Bertz CT molecular complexity index is 503. The first kappa shape index (κ1) is 14.7. The molecule has 1 saturated heterocycles. The van der Waals surface area contributed by atoms with Gasteiger partial charge in [0.25, 0.3) is 0 Å². The number of likely N-dealkylation sites (tertiary alicyclic amines) is 1. The van der Waals surface area contributed by atoms with E-state index in [4.69, 9.17) is 4.74 Å². The maximum absolute atomic E-state index is 11.4. The van der Waals surface area contributed by atoms with E-state index in [1.807, 2.05) is 13.0 Å². The van der Waals surface area contributed by atoms with Crippen LogP contribution in [0.4, 0.5) is 0 Å². The normalized spacial score (nSPS) is 22.9. The summed E-state index contributed by atoms with van der Waals surface area (Å²) >= 11 is 0. The lowest BCUT2D eigenvalue weighted by Gasteiger charge is -2.23. The first-order valence-electron chi connectivity index (χ1n) is 6.82. The van der Waals surface area contributed by atoms with Crippen molar-refractivity contribution < 1.29 is 19.7 Å². The number of aromatic hydroxyl groups is 1. The average Bonchev–Trinajstić information content (AvgIpc) is 2.86. The first-order chi connectivity index (χ1) is 9.50. The summed E-state index contributed by atoms with van der Waals surface area (Å²) in [7, 11) is 1.55. The number of hydrogen-bond acceptors (Lipinski definition) is 4. The average molecular weight is 279 g/mol. The van der Waals surface area contributed by atoms with Crippen LogP contribution in [0.5, 0.6) is 11.5 Å². The van der Waals surface area contributed by atoms with Gasteiger partial charge in [0.05, 0.1) is 12.5 Å². The highest BCUT2D eigenvalue weighted by Gasteiger charge is 2.43.